The largest absolute Gasteiger partial charge is 0.355 e. The Bertz CT molecular complexity index is 1050. The molecule has 0 atom stereocenters. The molecule has 31 heavy (non-hydrogen) atoms. The summed E-state index contributed by atoms with van der Waals surface area (Å²) in [6.45, 7) is 1.99. The monoisotopic (exact) mass is 423 g/mol. The predicted molar refractivity (Wildman–Crippen MR) is 117 cm³/mol. The van der Waals surface area contributed by atoms with E-state index in [2.05, 4.69) is 25.7 Å². The number of rotatable bonds is 4. The molecule has 4 rings (SSSR count). The highest BCUT2D eigenvalue weighted by atomic mass is 19.1. The van der Waals surface area contributed by atoms with E-state index >= 15 is 0 Å². The second-order valence-electron chi connectivity index (χ2n) is 7.46. The van der Waals surface area contributed by atoms with Gasteiger partial charge in [0.2, 0.25) is 0 Å². The van der Waals surface area contributed by atoms with Crippen molar-refractivity contribution in [3.05, 3.63) is 66.2 Å². The fraction of sp³-hybridized carbons (Fsp3) is 0.261. The maximum Gasteiger partial charge on any atom is 0.323 e. The van der Waals surface area contributed by atoms with Gasteiger partial charge in [-0.1, -0.05) is 25.0 Å². The number of halogens is 2. The number of anilines is 3. The first kappa shape index (κ1) is 20.7. The first-order chi connectivity index (χ1) is 15.1. The maximum absolute atomic E-state index is 13.7. The van der Waals surface area contributed by atoms with Crippen LogP contribution in [-0.2, 0) is 0 Å². The van der Waals surface area contributed by atoms with Crippen LogP contribution in [0.3, 0.4) is 0 Å². The van der Waals surface area contributed by atoms with Crippen molar-refractivity contribution < 1.29 is 13.6 Å². The van der Waals surface area contributed by atoms with Gasteiger partial charge in [0.05, 0.1) is 11.4 Å². The van der Waals surface area contributed by atoms with Gasteiger partial charge in [0.1, 0.15) is 11.6 Å². The molecule has 0 bridgehead atoms. The summed E-state index contributed by atoms with van der Waals surface area (Å²) < 4.78 is 27.0. The molecule has 6 nitrogen and oxygen atoms in total. The molecule has 2 amide bonds. The van der Waals surface area contributed by atoms with E-state index in [-0.39, 0.29) is 5.69 Å². The molecule has 1 aliphatic rings. The second-order valence-corrected chi connectivity index (χ2v) is 7.46. The third-order valence-corrected chi connectivity index (χ3v) is 5.17. The van der Waals surface area contributed by atoms with E-state index in [1.807, 2.05) is 18.2 Å². The number of benzene rings is 2. The number of hydrogen-bond acceptors (Lipinski definition) is 4. The summed E-state index contributed by atoms with van der Waals surface area (Å²) >= 11 is 0. The highest BCUT2D eigenvalue weighted by Gasteiger charge is 2.13. The number of carbonyl (C=O) groups is 1. The number of nitrogens with one attached hydrogen (secondary N) is 2. The van der Waals surface area contributed by atoms with Gasteiger partial charge in [0, 0.05) is 30.4 Å². The van der Waals surface area contributed by atoms with Crippen molar-refractivity contribution in [2.45, 2.75) is 25.7 Å². The van der Waals surface area contributed by atoms with Crippen molar-refractivity contribution in [2.24, 2.45) is 0 Å². The van der Waals surface area contributed by atoms with Crippen LogP contribution in [0.5, 0.6) is 0 Å². The number of carbonyl (C=O) groups excluding carboxylic acids is 1. The zero-order chi connectivity index (χ0) is 21.6. The molecule has 0 radical (unpaired) electrons. The number of nitrogens with zero attached hydrogens (tertiary/aromatic N) is 3. The van der Waals surface area contributed by atoms with E-state index in [9.17, 15) is 13.6 Å². The molecule has 8 heteroatoms. The second kappa shape index (κ2) is 9.51. The minimum Gasteiger partial charge on any atom is -0.355 e. The molecule has 1 aromatic heterocycles. The molecular weight excluding hydrogens is 400 g/mol. The van der Waals surface area contributed by atoms with Crippen LogP contribution in [-0.4, -0.2) is 29.3 Å². The van der Waals surface area contributed by atoms with Crippen LogP contribution in [0.4, 0.5) is 30.8 Å². The fourth-order valence-electron chi connectivity index (χ4n) is 3.58. The summed E-state index contributed by atoms with van der Waals surface area (Å²) in [6, 6.07) is 13.2. The number of amides is 2. The Morgan fingerprint density at radius 3 is 2.42 bits per heavy atom. The minimum atomic E-state index is -0.718. The molecule has 0 aliphatic carbocycles. The standard InChI is InChI=1S/C23H23F2N5O/c24-17-8-9-19(25)21(15-17)27-23(31)26-18-7-5-6-16(14-18)20-10-11-22(29-28-20)30-12-3-1-2-4-13-30/h5-11,14-15H,1-4,12-13H2,(H2,26,27,31). The van der Waals surface area contributed by atoms with Crippen molar-refractivity contribution >= 4 is 23.2 Å². The molecule has 1 saturated heterocycles. The third-order valence-electron chi connectivity index (χ3n) is 5.17. The van der Waals surface area contributed by atoms with Gasteiger partial charge in [-0.2, -0.15) is 0 Å². The third kappa shape index (κ3) is 5.33. The Balaban J connectivity index is 1.44. The van der Waals surface area contributed by atoms with Crippen LogP contribution in [0.25, 0.3) is 11.3 Å². The van der Waals surface area contributed by atoms with Crippen LogP contribution in [0.2, 0.25) is 0 Å². The van der Waals surface area contributed by atoms with Crippen molar-refractivity contribution in [2.75, 3.05) is 28.6 Å². The van der Waals surface area contributed by atoms with Crippen molar-refractivity contribution in [1.29, 1.82) is 0 Å². The van der Waals surface area contributed by atoms with E-state index in [0.29, 0.717) is 11.4 Å². The SMILES string of the molecule is O=C(Nc1cccc(-c2ccc(N3CCCCCC3)nn2)c1)Nc1cc(F)ccc1F. The van der Waals surface area contributed by atoms with Crippen molar-refractivity contribution in [3.63, 3.8) is 0 Å². The molecule has 160 valence electrons. The van der Waals surface area contributed by atoms with Gasteiger partial charge < -0.3 is 15.5 Å². The first-order valence-corrected chi connectivity index (χ1v) is 10.3. The van der Waals surface area contributed by atoms with Crippen LogP contribution < -0.4 is 15.5 Å². The lowest BCUT2D eigenvalue weighted by molar-refractivity contribution is 0.262. The van der Waals surface area contributed by atoms with Crippen LogP contribution in [0.15, 0.2) is 54.6 Å². The molecule has 0 saturated carbocycles. The number of hydrogen-bond donors (Lipinski definition) is 2. The molecule has 0 spiro atoms. The number of aromatic nitrogens is 2. The molecular formula is C23H23F2N5O. The van der Waals surface area contributed by atoms with Crippen molar-refractivity contribution in [3.8, 4) is 11.3 Å². The summed E-state index contributed by atoms with van der Waals surface area (Å²) in [6.07, 6.45) is 4.83. The summed E-state index contributed by atoms with van der Waals surface area (Å²) in [5.74, 6) is -0.484. The summed E-state index contributed by atoms with van der Waals surface area (Å²) in [7, 11) is 0. The maximum atomic E-state index is 13.7. The quantitative estimate of drug-likeness (QED) is 0.586. The average Bonchev–Trinajstić information content (AvgIpc) is 3.06. The van der Waals surface area contributed by atoms with Crippen molar-refractivity contribution in [1.82, 2.24) is 10.2 Å². The topological polar surface area (TPSA) is 70.2 Å². The molecule has 1 aliphatic heterocycles. The molecule has 3 aromatic rings. The van der Waals surface area contributed by atoms with Crippen LogP contribution >= 0.6 is 0 Å². The van der Waals surface area contributed by atoms with Gasteiger partial charge in [0.25, 0.3) is 0 Å². The lowest BCUT2D eigenvalue weighted by Crippen LogP contribution is -2.25. The highest BCUT2D eigenvalue weighted by Crippen LogP contribution is 2.23. The van der Waals surface area contributed by atoms with Gasteiger partial charge in [-0.3, -0.25) is 0 Å². The molecule has 0 unspecified atom stereocenters. The lowest BCUT2D eigenvalue weighted by Gasteiger charge is -2.20. The zero-order valence-corrected chi connectivity index (χ0v) is 16.9. The van der Waals surface area contributed by atoms with E-state index in [0.717, 1.165) is 42.7 Å². The highest BCUT2D eigenvalue weighted by molar-refractivity contribution is 6.00. The predicted octanol–water partition coefficient (Wildman–Crippen LogP) is 5.45. The van der Waals surface area contributed by atoms with E-state index in [1.54, 1.807) is 18.2 Å². The van der Waals surface area contributed by atoms with Crippen LogP contribution in [0.1, 0.15) is 25.7 Å². The average molecular weight is 423 g/mol. The molecule has 2 aromatic carbocycles. The Kier molecular flexibility index (Phi) is 6.35. The van der Waals surface area contributed by atoms with Gasteiger partial charge >= 0.3 is 6.03 Å². The Hall–Kier alpha value is -3.55. The summed E-state index contributed by atoms with van der Waals surface area (Å²) in [5.41, 5.74) is 1.72. The van der Waals surface area contributed by atoms with E-state index in [4.69, 9.17) is 0 Å². The summed E-state index contributed by atoms with van der Waals surface area (Å²) in [5, 5.41) is 13.7. The Morgan fingerprint density at radius 2 is 1.68 bits per heavy atom. The van der Waals surface area contributed by atoms with E-state index in [1.165, 1.54) is 25.7 Å². The number of urea groups is 1. The van der Waals surface area contributed by atoms with Gasteiger partial charge in [0.15, 0.2) is 5.82 Å². The lowest BCUT2D eigenvalue weighted by atomic mass is 10.1. The smallest absolute Gasteiger partial charge is 0.323 e. The van der Waals surface area contributed by atoms with E-state index < -0.39 is 17.7 Å². The normalized spacial score (nSPS) is 14.1. The Labute approximate surface area is 179 Å². The zero-order valence-electron chi connectivity index (χ0n) is 16.9. The van der Waals surface area contributed by atoms with Gasteiger partial charge in [-0.05, 0) is 49.2 Å². The minimum absolute atomic E-state index is 0.233. The summed E-state index contributed by atoms with van der Waals surface area (Å²) in [4.78, 5) is 14.5. The fourth-order valence-corrected chi connectivity index (χ4v) is 3.58. The molecule has 1 fully saturated rings. The van der Waals surface area contributed by atoms with Gasteiger partial charge in [-0.25, -0.2) is 13.6 Å². The van der Waals surface area contributed by atoms with Crippen LogP contribution in [0, 0.1) is 11.6 Å². The Morgan fingerprint density at radius 1 is 0.871 bits per heavy atom. The first-order valence-electron chi connectivity index (χ1n) is 10.3. The molecule has 2 N–H and O–H groups in total. The van der Waals surface area contributed by atoms with Gasteiger partial charge in [-0.15, -0.1) is 10.2 Å². The molecule has 2 heterocycles.